The molecule has 0 aliphatic carbocycles. The Morgan fingerprint density at radius 1 is 0.340 bits per heavy atom. The topological polar surface area (TPSA) is 63.4 Å². The summed E-state index contributed by atoms with van der Waals surface area (Å²) in [6, 6.07) is 56.7. The van der Waals surface area contributed by atoms with Crippen LogP contribution in [0.1, 0.15) is 0 Å². The van der Waals surface area contributed by atoms with E-state index in [-0.39, 0.29) is 0 Å². The number of benzene rings is 7. The average molecular weight is 638 g/mol. The standard InChI is InChI=1S/C45H27N5/c1-5-15-28(16-6-1)34-27-37-40(41-36(46-37)26-25-33-32-23-13-14-24-35(32)47-44(33)41)42(38(34)29-17-7-2-8-18-29)45-39(30-19-9-3-10-20-30)43(48-50-49-45)31-21-11-4-12-22-31/h1-27H. The summed E-state index contributed by atoms with van der Waals surface area (Å²) >= 11 is 0. The van der Waals surface area contributed by atoms with Crippen LogP contribution in [0.25, 0.3) is 67.0 Å². The fourth-order valence-corrected chi connectivity index (χ4v) is 7.47. The SMILES string of the molecule is c1ccc(-c2cc3c(c(-c4nnnc(-c5ccccc5)c4-c4ccccc4)c2-c2ccccc2)-c2c4c(ccc2=N3)=c2ccccc2=N4)cc1. The first-order valence-corrected chi connectivity index (χ1v) is 16.7. The summed E-state index contributed by atoms with van der Waals surface area (Å²) in [5.74, 6) is 0. The second-order valence-corrected chi connectivity index (χ2v) is 12.5. The molecule has 232 valence electrons. The number of hydrogen-bond donors (Lipinski definition) is 0. The van der Waals surface area contributed by atoms with Gasteiger partial charge in [0.05, 0.1) is 22.1 Å². The first-order valence-electron chi connectivity index (χ1n) is 16.7. The highest BCUT2D eigenvalue weighted by atomic mass is 15.3. The van der Waals surface area contributed by atoms with Crippen LogP contribution in [0.5, 0.6) is 0 Å². The summed E-state index contributed by atoms with van der Waals surface area (Å²) < 4.78 is 0. The van der Waals surface area contributed by atoms with Gasteiger partial charge in [0, 0.05) is 38.3 Å². The van der Waals surface area contributed by atoms with E-state index >= 15 is 0 Å². The fourth-order valence-electron chi connectivity index (χ4n) is 7.47. The molecule has 8 aromatic rings. The Morgan fingerprint density at radius 2 is 0.920 bits per heavy atom. The van der Waals surface area contributed by atoms with E-state index in [1.54, 1.807) is 0 Å². The molecule has 3 heterocycles. The lowest BCUT2D eigenvalue weighted by atomic mass is 9.81. The third kappa shape index (κ3) is 4.37. The Hall–Kier alpha value is -6.85. The van der Waals surface area contributed by atoms with Crippen molar-refractivity contribution in [2.24, 2.45) is 9.98 Å². The molecule has 0 unspecified atom stereocenters. The van der Waals surface area contributed by atoms with Gasteiger partial charge in [-0.1, -0.05) is 140 Å². The highest BCUT2D eigenvalue weighted by Crippen LogP contribution is 2.54. The first kappa shape index (κ1) is 28.2. The molecule has 5 heteroatoms. The van der Waals surface area contributed by atoms with Crippen LogP contribution in [0.4, 0.5) is 11.4 Å². The minimum Gasteiger partial charge on any atom is -0.248 e. The van der Waals surface area contributed by atoms with Crippen molar-refractivity contribution in [2.75, 3.05) is 0 Å². The first-order chi connectivity index (χ1) is 24.8. The average Bonchev–Trinajstić information content (AvgIpc) is 3.76. The molecule has 0 spiro atoms. The molecular formula is C45H27N5. The predicted octanol–water partition coefficient (Wildman–Crippen LogP) is 9.69. The maximum atomic E-state index is 5.32. The van der Waals surface area contributed by atoms with Crippen LogP contribution >= 0.6 is 0 Å². The molecule has 2 aliphatic rings. The Labute approximate surface area is 288 Å². The minimum atomic E-state index is 0.745. The molecule has 0 amide bonds. The molecule has 0 saturated carbocycles. The van der Waals surface area contributed by atoms with Crippen molar-refractivity contribution < 1.29 is 0 Å². The number of aromatic nitrogens is 3. The Kier molecular flexibility index (Phi) is 6.42. The number of para-hydroxylation sites is 1. The number of rotatable bonds is 5. The molecule has 7 aromatic carbocycles. The summed E-state index contributed by atoms with van der Waals surface area (Å²) in [6.07, 6.45) is 0. The normalized spacial score (nSPS) is 11.9. The fraction of sp³-hybridized carbons (Fsp3) is 0. The van der Waals surface area contributed by atoms with E-state index in [9.17, 15) is 0 Å². The lowest BCUT2D eigenvalue weighted by molar-refractivity contribution is 0.879. The molecule has 0 atom stereocenters. The summed E-state index contributed by atoms with van der Waals surface area (Å²) in [5, 5.41) is 18.3. The van der Waals surface area contributed by atoms with E-state index in [0.717, 1.165) is 99.5 Å². The number of fused-ring (bicyclic) bond motifs is 6. The van der Waals surface area contributed by atoms with E-state index in [4.69, 9.17) is 20.2 Å². The molecule has 50 heavy (non-hydrogen) atoms. The molecule has 1 aromatic heterocycles. The number of hydrogen-bond acceptors (Lipinski definition) is 5. The van der Waals surface area contributed by atoms with Crippen LogP contribution in [0.15, 0.2) is 174 Å². The van der Waals surface area contributed by atoms with Gasteiger partial charge in [-0.2, -0.15) is 0 Å². The zero-order valence-electron chi connectivity index (χ0n) is 26.8. The smallest absolute Gasteiger partial charge is 0.106 e. The van der Waals surface area contributed by atoms with E-state index in [2.05, 4.69) is 139 Å². The molecule has 0 N–H and O–H groups in total. The van der Waals surface area contributed by atoms with E-state index in [1.807, 2.05) is 30.3 Å². The maximum Gasteiger partial charge on any atom is 0.106 e. The maximum absolute atomic E-state index is 5.32. The number of nitrogens with zero attached hydrogens (tertiary/aromatic N) is 5. The molecule has 0 bridgehead atoms. The van der Waals surface area contributed by atoms with Crippen molar-refractivity contribution in [2.45, 2.75) is 0 Å². The van der Waals surface area contributed by atoms with Crippen LogP contribution in [-0.2, 0) is 0 Å². The predicted molar refractivity (Wildman–Crippen MR) is 198 cm³/mol. The van der Waals surface area contributed by atoms with Crippen molar-refractivity contribution in [1.82, 2.24) is 15.4 Å². The van der Waals surface area contributed by atoms with Gasteiger partial charge < -0.3 is 0 Å². The second-order valence-electron chi connectivity index (χ2n) is 12.5. The van der Waals surface area contributed by atoms with Crippen molar-refractivity contribution in [1.29, 1.82) is 0 Å². The lowest BCUT2D eigenvalue weighted by Gasteiger charge is -2.22. The van der Waals surface area contributed by atoms with Crippen LogP contribution in [0.3, 0.4) is 0 Å². The van der Waals surface area contributed by atoms with Gasteiger partial charge >= 0.3 is 0 Å². The molecule has 2 aliphatic heterocycles. The van der Waals surface area contributed by atoms with Crippen LogP contribution in [-0.4, -0.2) is 15.4 Å². The molecule has 10 rings (SSSR count). The third-order valence-electron chi connectivity index (χ3n) is 9.64. The van der Waals surface area contributed by atoms with Gasteiger partial charge in [0.1, 0.15) is 11.4 Å². The van der Waals surface area contributed by atoms with Crippen molar-refractivity contribution >= 4 is 11.4 Å². The zero-order chi connectivity index (χ0) is 33.0. The highest BCUT2D eigenvalue weighted by molar-refractivity contribution is 6.10. The van der Waals surface area contributed by atoms with Gasteiger partial charge in [-0.15, -0.1) is 10.2 Å². The van der Waals surface area contributed by atoms with Gasteiger partial charge in [0.25, 0.3) is 0 Å². The molecule has 0 saturated heterocycles. The minimum absolute atomic E-state index is 0.745. The second kappa shape index (κ2) is 11.4. The van der Waals surface area contributed by atoms with E-state index < -0.39 is 0 Å². The van der Waals surface area contributed by atoms with Crippen LogP contribution in [0.2, 0.25) is 0 Å². The molecule has 0 radical (unpaired) electrons. The third-order valence-corrected chi connectivity index (χ3v) is 9.64. The van der Waals surface area contributed by atoms with Crippen LogP contribution in [0, 0.1) is 10.4 Å². The molecule has 5 nitrogen and oxygen atoms in total. The van der Waals surface area contributed by atoms with Gasteiger partial charge in [0.15, 0.2) is 0 Å². The quantitative estimate of drug-likeness (QED) is 0.189. The van der Waals surface area contributed by atoms with Crippen molar-refractivity contribution in [3.05, 3.63) is 185 Å². The van der Waals surface area contributed by atoms with E-state index in [1.165, 1.54) is 0 Å². The van der Waals surface area contributed by atoms with Crippen LogP contribution < -0.4 is 10.7 Å². The summed E-state index contributed by atoms with van der Waals surface area (Å²) in [5.41, 5.74) is 13.5. The molecular weight excluding hydrogens is 611 g/mol. The zero-order valence-corrected chi connectivity index (χ0v) is 26.8. The summed E-state index contributed by atoms with van der Waals surface area (Å²) in [6.45, 7) is 0. The van der Waals surface area contributed by atoms with Gasteiger partial charge in [-0.25, -0.2) is 9.98 Å². The Bertz CT molecular complexity index is 2840. The van der Waals surface area contributed by atoms with Crippen molar-refractivity contribution in [3.63, 3.8) is 0 Å². The van der Waals surface area contributed by atoms with Crippen molar-refractivity contribution in [3.8, 4) is 67.0 Å². The van der Waals surface area contributed by atoms with Gasteiger partial charge in [-0.05, 0) is 57.3 Å². The van der Waals surface area contributed by atoms with Gasteiger partial charge in [0.2, 0.25) is 0 Å². The molecule has 0 fully saturated rings. The van der Waals surface area contributed by atoms with Gasteiger partial charge in [-0.3, -0.25) is 0 Å². The Balaban J connectivity index is 1.42. The highest BCUT2D eigenvalue weighted by Gasteiger charge is 2.32. The monoisotopic (exact) mass is 637 g/mol. The summed E-state index contributed by atoms with van der Waals surface area (Å²) in [4.78, 5) is 10.6. The Morgan fingerprint density at radius 3 is 1.62 bits per heavy atom. The van der Waals surface area contributed by atoms with E-state index in [0.29, 0.717) is 0 Å². The summed E-state index contributed by atoms with van der Waals surface area (Å²) in [7, 11) is 0. The lowest BCUT2D eigenvalue weighted by Crippen LogP contribution is -2.05. The largest absolute Gasteiger partial charge is 0.248 e.